The van der Waals surface area contributed by atoms with Crippen molar-refractivity contribution < 1.29 is 9.53 Å². The third kappa shape index (κ3) is 4.03. The Morgan fingerprint density at radius 3 is 2.70 bits per heavy atom. The second-order valence-electron chi connectivity index (χ2n) is 5.90. The monoisotopic (exact) mass is 314 g/mol. The maximum atomic E-state index is 12.2. The van der Waals surface area contributed by atoms with Crippen LogP contribution in [0.4, 0.5) is 10.5 Å². The van der Waals surface area contributed by atoms with Crippen LogP contribution >= 0.6 is 0 Å². The Bertz CT molecular complexity index is 617. The molecule has 1 aromatic heterocycles. The molecule has 2 aromatic rings. The van der Waals surface area contributed by atoms with Gasteiger partial charge in [0, 0.05) is 19.3 Å². The quantitative estimate of drug-likeness (QED) is 0.911. The van der Waals surface area contributed by atoms with Gasteiger partial charge in [-0.2, -0.15) is 5.10 Å². The lowest BCUT2D eigenvalue weighted by Crippen LogP contribution is -2.41. The normalized spacial score (nSPS) is 15.4. The topological polar surface area (TPSA) is 70.2 Å². The Balaban J connectivity index is 1.47. The average Bonchev–Trinajstić information content (AvgIpc) is 3.09. The number of benzene rings is 1. The Kier molecular flexibility index (Phi) is 4.80. The number of urea groups is 1. The first kappa shape index (κ1) is 15.4. The summed E-state index contributed by atoms with van der Waals surface area (Å²) in [6, 6.07) is 8.20. The van der Waals surface area contributed by atoms with Crippen LogP contribution in [0.5, 0.6) is 5.75 Å². The van der Waals surface area contributed by atoms with E-state index in [2.05, 4.69) is 27.6 Å². The van der Waals surface area contributed by atoms with Gasteiger partial charge in [0.05, 0.1) is 19.0 Å². The molecule has 2 heterocycles. The van der Waals surface area contributed by atoms with Crippen molar-refractivity contribution in [3.8, 4) is 5.75 Å². The fourth-order valence-electron chi connectivity index (χ4n) is 2.96. The summed E-state index contributed by atoms with van der Waals surface area (Å²) < 4.78 is 5.18. The van der Waals surface area contributed by atoms with Crippen molar-refractivity contribution in [1.82, 2.24) is 15.1 Å². The lowest BCUT2D eigenvalue weighted by Gasteiger charge is -2.32. The van der Waals surface area contributed by atoms with E-state index in [-0.39, 0.29) is 6.03 Å². The molecule has 0 saturated carbocycles. The fraction of sp³-hybridized carbons (Fsp3) is 0.412. The number of methoxy groups -OCH3 is 1. The number of aromatic nitrogens is 2. The molecular formula is C17H22N4O2. The molecule has 0 spiro atoms. The van der Waals surface area contributed by atoms with Crippen molar-refractivity contribution in [2.75, 3.05) is 25.5 Å². The molecule has 0 radical (unpaired) electrons. The highest BCUT2D eigenvalue weighted by molar-refractivity contribution is 5.89. The van der Waals surface area contributed by atoms with Crippen LogP contribution in [0.25, 0.3) is 0 Å². The molecule has 1 aliphatic rings. The van der Waals surface area contributed by atoms with Crippen LogP contribution in [-0.2, 0) is 6.42 Å². The molecule has 1 aliphatic heterocycles. The van der Waals surface area contributed by atoms with Crippen LogP contribution in [-0.4, -0.2) is 41.3 Å². The van der Waals surface area contributed by atoms with Gasteiger partial charge < -0.3 is 15.0 Å². The number of carbonyl (C=O) groups is 1. The second-order valence-corrected chi connectivity index (χ2v) is 5.90. The molecular weight excluding hydrogens is 292 g/mol. The summed E-state index contributed by atoms with van der Waals surface area (Å²) in [4.78, 5) is 14.0. The van der Waals surface area contributed by atoms with E-state index in [1.165, 1.54) is 5.56 Å². The highest BCUT2D eigenvalue weighted by Gasteiger charge is 2.23. The van der Waals surface area contributed by atoms with Gasteiger partial charge in [-0.05, 0) is 42.9 Å². The molecule has 0 unspecified atom stereocenters. The number of carbonyl (C=O) groups excluding carboxylic acids is 1. The van der Waals surface area contributed by atoms with Crippen LogP contribution < -0.4 is 10.1 Å². The van der Waals surface area contributed by atoms with Crippen LogP contribution in [0.15, 0.2) is 36.7 Å². The summed E-state index contributed by atoms with van der Waals surface area (Å²) in [5.74, 6) is 1.51. The number of rotatable bonds is 4. The molecule has 2 amide bonds. The molecule has 0 aliphatic carbocycles. The molecule has 23 heavy (non-hydrogen) atoms. The molecule has 1 saturated heterocycles. The number of piperidine rings is 1. The predicted molar refractivity (Wildman–Crippen MR) is 88.6 cm³/mol. The van der Waals surface area contributed by atoms with Crippen molar-refractivity contribution >= 4 is 11.7 Å². The van der Waals surface area contributed by atoms with E-state index < -0.39 is 0 Å². The van der Waals surface area contributed by atoms with E-state index in [1.807, 2.05) is 17.0 Å². The van der Waals surface area contributed by atoms with Gasteiger partial charge >= 0.3 is 6.03 Å². The zero-order valence-corrected chi connectivity index (χ0v) is 13.3. The van der Waals surface area contributed by atoms with E-state index in [0.717, 1.165) is 38.1 Å². The van der Waals surface area contributed by atoms with Crippen LogP contribution in [0.3, 0.4) is 0 Å². The van der Waals surface area contributed by atoms with Gasteiger partial charge in [-0.25, -0.2) is 4.79 Å². The minimum atomic E-state index is -0.0469. The first-order valence-electron chi connectivity index (χ1n) is 7.92. The molecule has 122 valence electrons. The van der Waals surface area contributed by atoms with Gasteiger partial charge in [0.15, 0.2) is 0 Å². The molecule has 6 nitrogen and oxygen atoms in total. The van der Waals surface area contributed by atoms with Crippen molar-refractivity contribution in [1.29, 1.82) is 0 Å². The Morgan fingerprint density at radius 2 is 2.09 bits per heavy atom. The zero-order valence-electron chi connectivity index (χ0n) is 13.3. The average molecular weight is 314 g/mol. The molecule has 0 atom stereocenters. The van der Waals surface area contributed by atoms with Gasteiger partial charge in [-0.1, -0.05) is 12.1 Å². The largest absolute Gasteiger partial charge is 0.497 e. The maximum Gasteiger partial charge on any atom is 0.321 e. The number of H-pyrrole nitrogens is 1. The summed E-state index contributed by atoms with van der Waals surface area (Å²) in [6.45, 7) is 1.59. The smallest absolute Gasteiger partial charge is 0.321 e. The molecule has 3 rings (SSSR count). The van der Waals surface area contributed by atoms with E-state index >= 15 is 0 Å². The Morgan fingerprint density at radius 1 is 1.35 bits per heavy atom. The number of amides is 2. The molecule has 0 bridgehead atoms. The summed E-state index contributed by atoms with van der Waals surface area (Å²) in [5.41, 5.74) is 2.03. The Hall–Kier alpha value is -2.50. The molecule has 1 aromatic carbocycles. The number of nitrogens with zero attached hydrogens (tertiary/aromatic N) is 2. The lowest BCUT2D eigenvalue weighted by atomic mass is 9.90. The van der Waals surface area contributed by atoms with Gasteiger partial charge in [-0.3, -0.25) is 5.10 Å². The minimum absolute atomic E-state index is 0.0469. The van der Waals surface area contributed by atoms with Crippen LogP contribution in [0.1, 0.15) is 18.4 Å². The third-order valence-corrected chi connectivity index (χ3v) is 4.33. The number of nitrogens with one attached hydrogen (secondary N) is 2. The summed E-state index contributed by atoms with van der Waals surface area (Å²) in [6.07, 6.45) is 6.40. The number of anilines is 1. The third-order valence-electron chi connectivity index (χ3n) is 4.33. The summed E-state index contributed by atoms with van der Waals surface area (Å²) in [7, 11) is 1.68. The van der Waals surface area contributed by atoms with Gasteiger partial charge in [0.2, 0.25) is 0 Å². The number of aromatic amines is 1. The predicted octanol–water partition coefficient (Wildman–Crippen LogP) is 2.90. The van der Waals surface area contributed by atoms with Gasteiger partial charge in [0.25, 0.3) is 0 Å². The van der Waals surface area contributed by atoms with Gasteiger partial charge in [0.1, 0.15) is 5.75 Å². The highest BCUT2D eigenvalue weighted by Crippen LogP contribution is 2.23. The number of hydrogen-bond acceptors (Lipinski definition) is 3. The van der Waals surface area contributed by atoms with Crippen LogP contribution in [0.2, 0.25) is 0 Å². The van der Waals surface area contributed by atoms with Crippen molar-refractivity contribution in [2.24, 2.45) is 5.92 Å². The fourth-order valence-corrected chi connectivity index (χ4v) is 2.96. The minimum Gasteiger partial charge on any atom is -0.497 e. The number of likely N-dealkylation sites (tertiary alicyclic amines) is 1. The van der Waals surface area contributed by atoms with Crippen molar-refractivity contribution in [2.45, 2.75) is 19.3 Å². The highest BCUT2D eigenvalue weighted by atomic mass is 16.5. The standard InChI is InChI=1S/C17H22N4O2/c1-23-16-4-2-13(3-5-16)10-14-6-8-21(9-7-14)17(22)20-15-11-18-19-12-15/h2-5,11-12,14H,6-10H2,1H3,(H,18,19)(H,20,22). The van der Waals surface area contributed by atoms with E-state index in [0.29, 0.717) is 11.6 Å². The summed E-state index contributed by atoms with van der Waals surface area (Å²) in [5, 5.41) is 9.36. The zero-order chi connectivity index (χ0) is 16.1. The molecule has 2 N–H and O–H groups in total. The first-order chi connectivity index (χ1) is 11.2. The van der Waals surface area contributed by atoms with Gasteiger partial charge in [-0.15, -0.1) is 0 Å². The molecule has 6 heteroatoms. The molecule has 1 fully saturated rings. The van der Waals surface area contributed by atoms with Crippen molar-refractivity contribution in [3.63, 3.8) is 0 Å². The number of ether oxygens (including phenoxy) is 1. The second kappa shape index (κ2) is 7.17. The summed E-state index contributed by atoms with van der Waals surface area (Å²) >= 11 is 0. The van der Waals surface area contributed by atoms with E-state index in [1.54, 1.807) is 19.5 Å². The van der Waals surface area contributed by atoms with Crippen molar-refractivity contribution in [3.05, 3.63) is 42.2 Å². The maximum absolute atomic E-state index is 12.2. The van der Waals surface area contributed by atoms with E-state index in [4.69, 9.17) is 4.74 Å². The van der Waals surface area contributed by atoms with E-state index in [9.17, 15) is 4.79 Å². The first-order valence-corrected chi connectivity index (χ1v) is 7.92. The van der Waals surface area contributed by atoms with Crippen LogP contribution in [0, 0.1) is 5.92 Å². The lowest BCUT2D eigenvalue weighted by molar-refractivity contribution is 0.182. The SMILES string of the molecule is COc1ccc(CC2CCN(C(=O)Nc3cn[nH]c3)CC2)cc1. The Labute approximate surface area is 135 Å². The number of hydrogen-bond donors (Lipinski definition) is 2.